The lowest BCUT2D eigenvalue weighted by Crippen LogP contribution is -2.18. The van der Waals surface area contributed by atoms with Crippen molar-refractivity contribution in [2.24, 2.45) is 0 Å². The van der Waals surface area contributed by atoms with Crippen molar-refractivity contribution in [1.82, 2.24) is 9.97 Å². The number of benzene rings is 1. The third-order valence-electron chi connectivity index (χ3n) is 4.68. The van der Waals surface area contributed by atoms with E-state index in [-0.39, 0.29) is 18.8 Å². The van der Waals surface area contributed by atoms with Crippen LogP contribution in [0.2, 0.25) is 0 Å². The molecule has 0 atom stereocenters. The number of aromatic nitrogens is 2. The molecule has 0 bridgehead atoms. The third kappa shape index (κ3) is 5.28. The van der Waals surface area contributed by atoms with Gasteiger partial charge in [0.1, 0.15) is 5.57 Å². The van der Waals surface area contributed by atoms with Crippen LogP contribution in [0.3, 0.4) is 0 Å². The van der Waals surface area contributed by atoms with Gasteiger partial charge in [0.05, 0.1) is 24.6 Å². The zero-order valence-electron chi connectivity index (χ0n) is 18.2. The Morgan fingerprint density at radius 3 is 2.10 bits per heavy atom. The standard InChI is InChI=1S/C25H26N2O4/c1-5-30-24(28)21(25(29)31-6-2)15-18-10-12-19(13-11-18)22-8-7-9-23(27-22)20-14-16(3)26-17(20)4/h7-15,26H,5-6H2,1-4H3. The molecule has 160 valence electrons. The predicted octanol–water partition coefficient (Wildman–Crippen LogP) is 4.87. The summed E-state index contributed by atoms with van der Waals surface area (Å²) in [5.41, 5.74) is 6.47. The van der Waals surface area contributed by atoms with E-state index in [2.05, 4.69) is 11.1 Å². The van der Waals surface area contributed by atoms with Gasteiger partial charge in [-0.05, 0) is 57.5 Å². The summed E-state index contributed by atoms with van der Waals surface area (Å²) >= 11 is 0. The molecule has 0 spiro atoms. The van der Waals surface area contributed by atoms with Crippen LogP contribution in [0.25, 0.3) is 28.6 Å². The molecule has 0 aliphatic rings. The summed E-state index contributed by atoms with van der Waals surface area (Å²) in [6, 6.07) is 15.5. The molecule has 1 aromatic carbocycles. The fourth-order valence-corrected chi connectivity index (χ4v) is 3.27. The number of aromatic amines is 1. The van der Waals surface area contributed by atoms with Gasteiger partial charge in [-0.25, -0.2) is 14.6 Å². The Hall–Kier alpha value is -3.67. The topological polar surface area (TPSA) is 81.3 Å². The molecule has 0 saturated heterocycles. The normalized spacial score (nSPS) is 10.5. The SMILES string of the molecule is CCOC(=O)C(=Cc1ccc(-c2cccc(-c3cc(C)[nH]c3C)n2)cc1)C(=O)OCC. The average molecular weight is 418 g/mol. The van der Waals surface area contributed by atoms with E-state index in [0.29, 0.717) is 5.56 Å². The number of nitrogens with one attached hydrogen (secondary N) is 1. The first-order valence-corrected chi connectivity index (χ1v) is 10.2. The summed E-state index contributed by atoms with van der Waals surface area (Å²) in [5.74, 6) is -1.40. The van der Waals surface area contributed by atoms with Crippen LogP contribution in [0, 0.1) is 13.8 Å². The van der Waals surface area contributed by atoms with Gasteiger partial charge < -0.3 is 14.5 Å². The molecule has 0 unspecified atom stereocenters. The maximum absolute atomic E-state index is 12.1. The molecule has 31 heavy (non-hydrogen) atoms. The number of ether oxygens (including phenoxy) is 2. The van der Waals surface area contributed by atoms with Crippen molar-refractivity contribution in [3.8, 4) is 22.5 Å². The van der Waals surface area contributed by atoms with Crippen molar-refractivity contribution in [2.75, 3.05) is 13.2 Å². The number of nitrogens with zero attached hydrogens (tertiary/aromatic N) is 1. The van der Waals surface area contributed by atoms with Crippen LogP contribution in [0.15, 0.2) is 54.1 Å². The smallest absolute Gasteiger partial charge is 0.345 e. The number of H-pyrrole nitrogens is 1. The quantitative estimate of drug-likeness (QED) is 0.256. The number of carbonyl (C=O) groups is 2. The van der Waals surface area contributed by atoms with E-state index >= 15 is 0 Å². The second-order valence-electron chi connectivity index (χ2n) is 7.02. The average Bonchev–Trinajstić information content (AvgIpc) is 3.10. The first-order valence-electron chi connectivity index (χ1n) is 10.2. The van der Waals surface area contributed by atoms with Gasteiger partial charge in [-0.15, -0.1) is 0 Å². The fraction of sp³-hybridized carbons (Fsp3) is 0.240. The molecule has 6 heteroatoms. The number of hydrogen-bond donors (Lipinski definition) is 1. The van der Waals surface area contributed by atoms with Crippen LogP contribution >= 0.6 is 0 Å². The monoisotopic (exact) mass is 418 g/mol. The fourth-order valence-electron chi connectivity index (χ4n) is 3.27. The van der Waals surface area contributed by atoms with Gasteiger partial charge in [0.2, 0.25) is 0 Å². The predicted molar refractivity (Wildman–Crippen MR) is 120 cm³/mol. The summed E-state index contributed by atoms with van der Waals surface area (Å²) < 4.78 is 9.97. The molecule has 0 radical (unpaired) electrons. The Labute approximate surface area is 181 Å². The van der Waals surface area contributed by atoms with Crippen molar-refractivity contribution < 1.29 is 19.1 Å². The molecule has 6 nitrogen and oxygen atoms in total. The third-order valence-corrected chi connectivity index (χ3v) is 4.68. The highest BCUT2D eigenvalue weighted by atomic mass is 16.6. The van der Waals surface area contributed by atoms with Crippen molar-refractivity contribution in [1.29, 1.82) is 0 Å². The van der Waals surface area contributed by atoms with Crippen LogP contribution in [-0.4, -0.2) is 35.1 Å². The van der Waals surface area contributed by atoms with Gasteiger partial charge in [-0.2, -0.15) is 0 Å². The lowest BCUT2D eigenvalue weighted by molar-refractivity contribution is -0.146. The molecule has 2 heterocycles. The minimum atomic E-state index is -0.698. The Morgan fingerprint density at radius 2 is 1.55 bits per heavy atom. The van der Waals surface area contributed by atoms with Crippen LogP contribution in [0.5, 0.6) is 0 Å². The number of esters is 2. The van der Waals surface area contributed by atoms with Crippen molar-refractivity contribution in [2.45, 2.75) is 27.7 Å². The molecular weight excluding hydrogens is 392 g/mol. The first kappa shape index (κ1) is 22.0. The van der Waals surface area contributed by atoms with E-state index in [1.165, 1.54) is 6.08 Å². The van der Waals surface area contributed by atoms with E-state index in [1.54, 1.807) is 13.8 Å². The summed E-state index contributed by atoms with van der Waals surface area (Å²) in [6.07, 6.45) is 1.48. The molecule has 1 N–H and O–H groups in total. The molecule has 3 aromatic rings. The van der Waals surface area contributed by atoms with E-state index in [0.717, 1.165) is 33.9 Å². The lowest BCUT2D eigenvalue weighted by atomic mass is 10.1. The summed E-state index contributed by atoms with van der Waals surface area (Å²) in [6.45, 7) is 7.78. The van der Waals surface area contributed by atoms with E-state index in [4.69, 9.17) is 14.5 Å². The number of rotatable bonds is 7. The van der Waals surface area contributed by atoms with Gasteiger partial charge in [0, 0.05) is 22.5 Å². The van der Waals surface area contributed by atoms with E-state index < -0.39 is 11.9 Å². The Bertz CT molecular complexity index is 1090. The van der Waals surface area contributed by atoms with Gasteiger partial charge in [-0.3, -0.25) is 0 Å². The molecule has 0 saturated carbocycles. The number of carbonyl (C=O) groups excluding carboxylic acids is 2. The second kappa shape index (κ2) is 9.89. The van der Waals surface area contributed by atoms with Crippen molar-refractivity contribution in [3.63, 3.8) is 0 Å². The Morgan fingerprint density at radius 1 is 0.935 bits per heavy atom. The molecule has 3 rings (SSSR count). The highest BCUT2D eigenvalue weighted by molar-refractivity contribution is 6.17. The van der Waals surface area contributed by atoms with Crippen LogP contribution in [-0.2, 0) is 19.1 Å². The van der Waals surface area contributed by atoms with E-state index in [1.807, 2.05) is 56.3 Å². The largest absolute Gasteiger partial charge is 0.462 e. The second-order valence-corrected chi connectivity index (χ2v) is 7.02. The first-order chi connectivity index (χ1) is 14.9. The van der Waals surface area contributed by atoms with Crippen LogP contribution in [0.1, 0.15) is 30.8 Å². The summed E-state index contributed by atoms with van der Waals surface area (Å²) in [7, 11) is 0. The van der Waals surface area contributed by atoms with Crippen molar-refractivity contribution in [3.05, 3.63) is 71.1 Å². The highest BCUT2D eigenvalue weighted by Crippen LogP contribution is 2.26. The molecular formula is C25H26N2O4. The molecule has 0 aliphatic carbocycles. The summed E-state index contributed by atoms with van der Waals surface area (Å²) in [5, 5.41) is 0. The van der Waals surface area contributed by atoms with Gasteiger partial charge in [0.15, 0.2) is 0 Å². The minimum absolute atomic E-state index is 0.130. The van der Waals surface area contributed by atoms with Gasteiger partial charge in [-0.1, -0.05) is 30.3 Å². The molecule has 2 aromatic heterocycles. The van der Waals surface area contributed by atoms with Crippen molar-refractivity contribution >= 4 is 18.0 Å². The lowest BCUT2D eigenvalue weighted by Gasteiger charge is -2.08. The maximum Gasteiger partial charge on any atom is 0.345 e. The Kier molecular flexibility index (Phi) is 7.03. The molecule has 0 aliphatic heterocycles. The van der Waals surface area contributed by atoms with E-state index in [9.17, 15) is 9.59 Å². The zero-order chi connectivity index (χ0) is 22.4. The van der Waals surface area contributed by atoms with Crippen LogP contribution < -0.4 is 0 Å². The number of pyridine rings is 1. The van der Waals surface area contributed by atoms with Gasteiger partial charge >= 0.3 is 11.9 Å². The molecule has 0 fully saturated rings. The Balaban J connectivity index is 1.89. The highest BCUT2D eigenvalue weighted by Gasteiger charge is 2.21. The number of hydrogen-bond acceptors (Lipinski definition) is 5. The number of aryl methyl sites for hydroxylation is 2. The minimum Gasteiger partial charge on any atom is -0.462 e. The maximum atomic E-state index is 12.1. The molecule has 0 amide bonds. The zero-order valence-corrected chi connectivity index (χ0v) is 18.2. The van der Waals surface area contributed by atoms with Crippen LogP contribution in [0.4, 0.5) is 0 Å². The van der Waals surface area contributed by atoms with Gasteiger partial charge in [0.25, 0.3) is 0 Å². The summed E-state index contributed by atoms with van der Waals surface area (Å²) in [4.78, 5) is 32.4.